The summed E-state index contributed by atoms with van der Waals surface area (Å²) in [6, 6.07) is 6.29. The van der Waals surface area contributed by atoms with E-state index in [2.05, 4.69) is 36.8 Å². The topological polar surface area (TPSA) is 12.0 Å². The second-order valence-electron chi connectivity index (χ2n) is 3.03. The number of rotatable bonds is 5. The van der Waals surface area contributed by atoms with E-state index < -0.39 is 0 Å². The molecule has 0 saturated carbocycles. The maximum Gasteiger partial charge on any atom is 0.0454 e. The highest BCUT2D eigenvalue weighted by atomic mass is 35.5. The Hall–Kier alpha value is -0.180. The van der Waals surface area contributed by atoms with Gasteiger partial charge in [-0.25, -0.2) is 0 Å². The van der Waals surface area contributed by atoms with Crippen LogP contribution in [-0.2, 0) is 13.0 Å². The molecular formula is C11H16ClNS. The lowest BCUT2D eigenvalue weighted by Gasteiger charge is -2.06. The van der Waals surface area contributed by atoms with Crippen molar-refractivity contribution in [2.24, 2.45) is 0 Å². The first kappa shape index (κ1) is 11.9. The van der Waals surface area contributed by atoms with Gasteiger partial charge in [0.15, 0.2) is 0 Å². The largest absolute Gasteiger partial charge is 0.260 e. The van der Waals surface area contributed by atoms with E-state index in [1.165, 1.54) is 11.1 Å². The van der Waals surface area contributed by atoms with Crippen LogP contribution >= 0.6 is 23.5 Å². The Balaban J connectivity index is 2.59. The average molecular weight is 230 g/mol. The van der Waals surface area contributed by atoms with E-state index in [0.29, 0.717) is 0 Å². The molecule has 1 rings (SSSR count). The van der Waals surface area contributed by atoms with Crippen LogP contribution in [0, 0.1) is 0 Å². The number of benzene rings is 1. The summed E-state index contributed by atoms with van der Waals surface area (Å²) in [4.78, 5) is 0. The number of hydrogen-bond acceptors (Lipinski definition) is 2. The van der Waals surface area contributed by atoms with Crippen LogP contribution in [-0.4, -0.2) is 5.75 Å². The van der Waals surface area contributed by atoms with Crippen LogP contribution in [0.25, 0.3) is 0 Å². The molecule has 0 unspecified atom stereocenters. The molecule has 0 amide bonds. The molecule has 0 aliphatic heterocycles. The minimum atomic E-state index is 0.835. The molecule has 1 N–H and O–H groups in total. The lowest BCUT2D eigenvalue weighted by molar-refractivity contribution is 0.972. The fraction of sp³-hybridized carbons (Fsp3) is 0.455. The highest BCUT2D eigenvalue weighted by Crippen LogP contribution is 2.18. The lowest BCUT2D eigenvalue weighted by Crippen LogP contribution is -2.04. The molecule has 0 radical (unpaired) electrons. The zero-order valence-corrected chi connectivity index (χ0v) is 10.2. The number of nitrogens with one attached hydrogen (secondary N) is 1. The normalized spacial score (nSPS) is 10.5. The lowest BCUT2D eigenvalue weighted by atomic mass is 10.1. The van der Waals surface area contributed by atoms with Crippen molar-refractivity contribution in [3.8, 4) is 0 Å². The van der Waals surface area contributed by atoms with Crippen molar-refractivity contribution in [2.75, 3.05) is 5.75 Å². The molecular weight excluding hydrogens is 214 g/mol. The monoisotopic (exact) mass is 229 g/mol. The van der Waals surface area contributed by atoms with E-state index in [-0.39, 0.29) is 0 Å². The zero-order chi connectivity index (χ0) is 10.4. The van der Waals surface area contributed by atoms with Gasteiger partial charge in [-0.1, -0.05) is 49.5 Å². The fourth-order valence-electron chi connectivity index (χ4n) is 1.18. The van der Waals surface area contributed by atoms with Crippen molar-refractivity contribution in [1.82, 2.24) is 4.72 Å². The molecule has 0 aliphatic rings. The van der Waals surface area contributed by atoms with Gasteiger partial charge < -0.3 is 0 Å². The number of hydrogen-bond donors (Lipinski definition) is 1. The molecule has 3 heteroatoms. The maximum atomic E-state index is 6.14. The maximum absolute atomic E-state index is 6.14. The summed E-state index contributed by atoms with van der Waals surface area (Å²) in [5.74, 6) is 1.07. The van der Waals surface area contributed by atoms with Crippen LogP contribution in [0.3, 0.4) is 0 Å². The Morgan fingerprint density at radius 2 is 2.14 bits per heavy atom. The summed E-state index contributed by atoms with van der Waals surface area (Å²) in [6.07, 6.45) is 1.04. The predicted octanol–water partition coefficient (Wildman–Crippen LogP) is 3.66. The third-order valence-corrected chi connectivity index (χ3v) is 3.02. The molecule has 1 nitrogen and oxygen atoms in total. The van der Waals surface area contributed by atoms with Crippen molar-refractivity contribution >= 4 is 23.5 Å². The summed E-state index contributed by atoms with van der Waals surface area (Å²) in [7, 11) is 0. The van der Waals surface area contributed by atoms with Crippen LogP contribution < -0.4 is 4.72 Å². The van der Waals surface area contributed by atoms with E-state index >= 15 is 0 Å². The van der Waals surface area contributed by atoms with Gasteiger partial charge >= 0.3 is 0 Å². The van der Waals surface area contributed by atoms with Crippen molar-refractivity contribution in [3.05, 3.63) is 34.3 Å². The predicted molar refractivity (Wildman–Crippen MR) is 65.8 cm³/mol. The molecule has 0 bridgehead atoms. The Morgan fingerprint density at radius 3 is 2.71 bits per heavy atom. The van der Waals surface area contributed by atoms with Crippen LogP contribution in [0.15, 0.2) is 18.2 Å². The summed E-state index contributed by atoms with van der Waals surface area (Å²) in [5, 5.41) is 0.869. The molecule has 0 fully saturated rings. The van der Waals surface area contributed by atoms with Gasteiger partial charge in [0, 0.05) is 17.3 Å². The zero-order valence-electron chi connectivity index (χ0n) is 8.64. The molecule has 0 spiro atoms. The SMILES string of the molecule is CCSNCc1ccc(CC)cc1Cl. The third-order valence-electron chi connectivity index (χ3n) is 2.03. The van der Waals surface area contributed by atoms with Crippen LogP contribution in [0.2, 0.25) is 5.02 Å². The Kier molecular flexibility index (Phi) is 5.38. The molecule has 1 aromatic carbocycles. The van der Waals surface area contributed by atoms with E-state index in [4.69, 9.17) is 11.6 Å². The minimum Gasteiger partial charge on any atom is -0.260 e. The molecule has 1 aromatic rings. The minimum absolute atomic E-state index is 0.835. The molecule has 0 atom stereocenters. The van der Waals surface area contributed by atoms with Crippen LogP contribution in [0.4, 0.5) is 0 Å². The highest BCUT2D eigenvalue weighted by molar-refractivity contribution is 7.97. The molecule has 0 aliphatic carbocycles. The number of halogens is 1. The fourth-order valence-corrected chi connectivity index (χ4v) is 1.92. The van der Waals surface area contributed by atoms with Gasteiger partial charge in [-0.3, -0.25) is 4.72 Å². The van der Waals surface area contributed by atoms with E-state index in [1.807, 2.05) is 0 Å². The number of aryl methyl sites for hydroxylation is 1. The first-order chi connectivity index (χ1) is 6.77. The standard InChI is InChI=1S/C11H16ClNS/c1-3-9-5-6-10(11(12)7-9)8-13-14-4-2/h5-7,13H,3-4,8H2,1-2H3. The average Bonchev–Trinajstić information content (AvgIpc) is 2.20. The van der Waals surface area contributed by atoms with Gasteiger partial charge in [-0.15, -0.1) is 0 Å². The van der Waals surface area contributed by atoms with Gasteiger partial charge in [-0.2, -0.15) is 0 Å². The molecule has 14 heavy (non-hydrogen) atoms. The Bertz CT molecular complexity index is 289. The second kappa shape index (κ2) is 6.33. The van der Waals surface area contributed by atoms with E-state index in [1.54, 1.807) is 11.9 Å². The summed E-state index contributed by atoms with van der Waals surface area (Å²) in [5.41, 5.74) is 2.46. The summed E-state index contributed by atoms with van der Waals surface area (Å²) in [6.45, 7) is 5.09. The Labute approximate surface area is 95.4 Å². The highest BCUT2D eigenvalue weighted by Gasteiger charge is 2.00. The first-order valence-electron chi connectivity index (χ1n) is 4.89. The van der Waals surface area contributed by atoms with Crippen molar-refractivity contribution in [1.29, 1.82) is 0 Å². The third kappa shape index (κ3) is 3.52. The quantitative estimate of drug-likeness (QED) is 0.611. The molecule has 0 heterocycles. The van der Waals surface area contributed by atoms with Gasteiger partial charge in [0.2, 0.25) is 0 Å². The van der Waals surface area contributed by atoms with Gasteiger partial charge in [0.05, 0.1) is 0 Å². The van der Waals surface area contributed by atoms with Crippen LogP contribution in [0.5, 0.6) is 0 Å². The van der Waals surface area contributed by atoms with Crippen molar-refractivity contribution in [2.45, 2.75) is 26.8 Å². The smallest absolute Gasteiger partial charge is 0.0454 e. The van der Waals surface area contributed by atoms with Gasteiger partial charge in [0.1, 0.15) is 0 Å². The first-order valence-corrected chi connectivity index (χ1v) is 6.26. The van der Waals surface area contributed by atoms with Crippen molar-refractivity contribution in [3.63, 3.8) is 0 Å². The molecule has 0 aromatic heterocycles. The van der Waals surface area contributed by atoms with E-state index in [0.717, 1.165) is 23.7 Å². The van der Waals surface area contributed by atoms with Crippen LogP contribution in [0.1, 0.15) is 25.0 Å². The second-order valence-corrected chi connectivity index (χ2v) is 4.60. The summed E-state index contributed by atoms with van der Waals surface area (Å²) < 4.78 is 3.26. The molecule has 78 valence electrons. The van der Waals surface area contributed by atoms with Crippen molar-refractivity contribution < 1.29 is 0 Å². The van der Waals surface area contributed by atoms with Gasteiger partial charge in [-0.05, 0) is 23.6 Å². The summed E-state index contributed by atoms with van der Waals surface area (Å²) >= 11 is 7.85. The van der Waals surface area contributed by atoms with Gasteiger partial charge in [0.25, 0.3) is 0 Å². The van der Waals surface area contributed by atoms with E-state index in [9.17, 15) is 0 Å². The Morgan fingerprint density at radius 1 is 1.36 bits per heavy atom. The molecule has 0 saturated heterocycles.